The third-order valence-electron chi connectivity index (χ3n) is 2.72. The van der Waals surface area contributed by atoms with Gasteiger partial charge in [0.25, 0.3) is 0 Å². The minimum absolute atomic E-state index is 0.201. The second-order valence-electron chi connectivity index (χ2n) is 3.85. The highest BCUT2D eigenvalue weighted by Gasteiger charge is 2.14. The first-order valence-corrected chi connectivity index (χ1v) is 5.43. The standard InChI is InChI=1S/C14H14O2/c1-2-13(15)14(16)12-8-7-10-5-3-4-6-11(10)9-12/h3-9,13,15H,2H2,1H3. The fourth-order valence-electron chi connectivity index (χ4n) is 1.72. The van der Waals surface area contributed by atoms with Gasteiger partial charge in [0.1, 0.15) is 6.10 Å². The second-order valence-corrected chi connectivity index (χ2v) is 3.85. The number of hydrogen-bond donors (Lipinski definition) is 1. The molecular formula is C14H14O2. The van der Waals surface area contributed by atoms with Gasteiger partial charge in [-0.05, 0) is 23.3 Å². The molecule has 0 aliphatic rings. The van der Waals surface area contributed by atoms with E-state index in [2.05, 4.69) is 0 Å². The van der Waals surface area contributed by atoms with E-state index in [9.17, 15) is 9.90 Å². The summed E-state index contributed by atoms with van der Waals surface area (Å²) in [6, 6.07) is 13.4. The molecule has 1 N–H and O–H groups in total. The van der Waals surface area contributed by atoms with Gasteiger partial charge in [0.2, 0.25) is 0 Å². The summed E-state index contributed by atoms with van der Waals surface area (Å²) in [6.45, 7) is 1.80. The molecule has 0 aliphatic heterocycles. The van der Waals surface area contributed by atoms with E-state index in [1.807, 2.05) is 36.4 Å². The smallest absolute Gasteiger partial charge is 0.191 e. The Kier molecular flexibility index (Phi) is 3.02. The van der Waals surface area contributed by atoms with Crippen molar-refractivity contribution >= 4 is 16.6 Å². The maximum Gasteiger partial charge on any atom is 0.191 e. The van der Waals surface area contributed by atoms with Crippen LogP contribution in [0.25, 0.3) is 10.8 Å². The van der Waals surface area contributed by atoms with Gasteiger partial charge in [-0.3, -0.25) is 4.79 Å². The van der Waals surface area contributed by atoms with Crippen molar-refractivity contribution in [2.75, 3.05) is 0 Å². The van der Waals surface area contributed by atoms with E-state index >= 15 is 0 Å². The molecule has 82 valence electrons. The van der Waals surface area contributed by atoms with Crippen molar-refractivity contribution in [1.82, 2.24) is 0 Å². The van der Waals surface area contributed by atoms with Crippen molar-refractivity contribution in [3.63, 3.8) is 0 Å². The molecule has 0 bridgehead atoms. The molecule has 2 aromatic rings. The Balaban J connectivity index is 2.43. The molecular weight excluding hydrogens is 200 g/mol. The summed E-state index contributed by atoms with van der Waals surface area (Å²) in [5.74, 6) is -0.201. The van der Waals surface area contributed by atoms with E-state index in [1.54, 1.807) is 13.0 Å². The number of carbonyl (C=O) groups excluding carboxylic acids is 1. The third-order valence-corrected chi connectivity index (χ3v) is 2.72. The quantitative estimate of drug-likeness (QED) is 0.798. The molecule has 2 nitrogen and oxygen atoms in total. The lowest BCUT2D eigenvalue weighted by molar-refractivity contribution is 0.0741. The normalized spacial score (nSPS) is 12.6. The van der Waals surface area contributed by atoms with E-state index < -0.39 is 6.10 Å². The number of Topliss-reactive ketones (excluding diaryl/α,β-unsaturated/α-hetero) is 1. The summed E-state index contributed by atoms with van der Waals surface area (Å²) in [6.07, 6.45) is -0.438. The molecule has 1 atom stereocenters. The number of fused-ring (bicyclic) bond motifs is 1. The van der Waals surface area contributed by atoms with E-state index in [1.165, 1.54) is 0 Å². The fourth-order valence-corrected chi connectivity index (χ4v) is 1.72. The highest BCUT2D eigenvalue weighted by atomic mass is 16.3. The second kappa shape index (κ2) is 4.45. The van der Waals surface area contributed by atoms with Crippen molar-refractivity contribution in [3.8, 4) is 0 Å². The molecule has 0 aliphatic carbocycles. The summed E-state index contributed by atoms with van der Waals surface area (Å²) >= 11 is 0. The van der Waals surface area contributed by atoms with Crippen LogP contribution in [0.4, 0.5) is 0 Å². The first-order chi connectivity index (χ1) is 7.72. The number of ketones is 1. The third kappa shape index (κ3) is 1.97. The van der Waals surface area contributed by atoms with Crippen LogP contribution >= 0.6 is 0 Å². The molecule has 0 aromatic heterocycles. The Labute approximate surface area is 94.5 Å². The number of hydrogen-bond acceptors (Lipinski definition) is 2. The molecule has 0 fully saturated rings. The molecule has 1 unspecified atom stereocenters. The minimum Gasteiger partial charge on any atom is -0.385 e. The Bertz CT molecular complexity index is 517. The SMILES string of the molecule is CCC(O)C(=O)c1ccc2ccccc2c1. The van der Waals surface area contributed by atoms with Crippen LogP contribution in [0.3, 0.4) is 0 Å². The Morgan fingerprint density at radius 1 is 1.19 bits per heavy atom. The number of carbonyl (C=O) groups is 1. The molecule has 16 heavy (non-hydrogen) atoms. The molecule has 2 aromatic carbocycles. The first kappa shape index (κ1) is 10.8. The predicted molar refractivity (Wildman–Crippen MR) is 64.6 cm³/mol. The molecule has 2 heteroatoms. The van der Waals surface area contributed by atoms with Crippen LogP contribution in [-0.4, -0.2) is 17.0 Å². The summed E-state index contributed by atoms with van der Waals surface area (Å²) < 4.78 is 0. The van der Waals surface area contributed by atoms with Gasteiger partial charge in [0.05, 0.1) is 0 Å². The van der Waals surface area contributed by atoms with E-state index in [4.69, 9.17) is 0 Å². The summed E-state index contributed by atoms with van der Waals surface area (Å²) in [5, 5.41) is 11.6. The van der Waals surface area contributed by atoms with Gasteiger partial charge < -0.3 is 5.11 Å². The van der Waals surface area contributed by atoms with Crippen LogP contribution in [0.15, 0.2) is 42.5 Å². The zero-order chi connectivity index (χ0) is 11.5. The van der Waals surface area contributed by atoms with Gasteiger partial charge in [-0.1, -0.05) is 43.3 Å². The molecule has 0 heterocycles. The Morgan fingerprint density at radius 2 is 1.88 bits per heavy atom. The zero-order valence-corrected chi connectivity index (χ0v) is 9.18. The average molecular weight is 214 g/mol. The topological polar surface area (TPSA) is 37.3 Å². The Hall–Kier alpha value is -1.67. The number of rotatable bonds is 3. The zero-order valence-electron chi connectivity index (χ0n) is 9.18. The van der Waals surface area contributed by atoms with Crippen molar-refractivity contribution in [2.45, 2.75) is 19.4 Å². The monoisotopic (exact) mass is 214 g/mol. The fraction of sp³-hybridized carbons (Fsp3) is 0.214. The van der Waals surface area contributed by atoms with Crippen molar-refractivity contribution in [3.05, 3.63) is 48.0 Å². The van der Waals surface area contributed by atoms with Crippen molar-refractivity contribution in [2.24, 2.45) is 0 Å². The van der Waals surface area contributed by atoms with Gasteiger partial charge in [-0.25, -0.2) is 0 Å². The van der Waals surface area contributed by atoms with Gasteiger partial charge in [-0.15, -0.1) is 0 Å². The van der Waals surface area contributed by atoms with Crippen LogP contribution < -0.4 is 0 Å². The van der Waals surface area contributed by atoms with E-state index in [0.29, 0.717) is 12.0 Å². The lowest BCUT2D eigenvalue weighted by atomic mass is 10.0. The summed E-state index contributed by atoms with van der Waals surface area (Å²) in [7, 11) is 0. The summed E-state index contributed by atoms with van der Waals surface area (Å²) in [5.41, 5.74) is 0.577. The molecule has 0 radical (unpaired) electrons. The van der Waals surface area contributed by atoms with Gasteiger partial charge in [-0.2, -0.15) is 0 Å². The maximum absolute atomic E-state index is 11.8. The lowest BCUT2D eigenvalue weighted by Crippen LogP contribution is -2.19. The molecule has 0 amide bonds. The molecule has 0 saturated carbocycles. The van der Waals surface area contributed by atoms with Gasteiger partial charge in [0, 0.05) is 5.56 Å². The number of aliphatic hydroxyl groups is 1. The average Bonchev–Trinajstić information content (AvgIpc) is 2.36. The van der Waals surface area contributed by atoms with Gasteiger partial charge in [0.15, 0.2) is 5.78 Å². The Morgan fingerprint density at radius 3 is 2.56 bits per heavy atom. The van der Waals surface area contributed by atoms with E-state index in [0.717, 1.165) is 10.8 Å². The number of aliphatic hydroxyl groups excluding tert-OH is 1. The molecule has 2 rings (SSSR count). The van der Waals surface area contributed by atoms with Gasteiger partial charge >= 0.3 is 0 Å². The molecule has 0 saturated heterocycles. The van der Waals surface area contributed by atoms with Crippen LogP contribution in [0, 0.1) is 0 Å². The van der Waals surface area contributed by atoms with Crippen LogP contribution in [0.5, 0.6) is 0 Å². The lowest BCUT2D eigenvalue weighted by Gasteiger charge is -2.07. The molecule has 0 spiro atoms. The van der Waals surface area contributed by atoms with Crippen LogP contribution in [-0.2, 0) is 0 Å². The first-order valence-electron chi connectivity index (χ1n) is 5.43. The van der Waals surface area contributed by atoms with Crippen molar-refractivity contribution < 1.29 is 9.90 Å². The van der Waals surface area contributed by atoms with Crippen LogP contribution in [0.1, 0.15) is 23.7 Å². The van der Waals surface area contributed by atoms with Crippen LogP contribution in [0.2, 0.25) is 0 Å². The summed E-state index contributed by atoms with van der Waals surface area (Å²) in [4.78, 5) is 11.8. The maximum atomic E-state index is 11.8. The number of benzene rings is 2. The minimum atomic E-state index is -0.888. The van der Waals surface area contributed by atoms with E-state index in [-0.39, 0.29) is 5.78 Å². The highest BCUT2D eigenvalue weighted by molar-refractivity contribution is 6.02. The highest BCUT2D eigenvalue weighted by Crippen LogP contribution is 2.17. The predicted octanol–water partition coefficient (Wildman–Crippen LogP) is 2.79. The largest absolute Gasteiger partial charge is 0.385 e. The van der Waals surface area contributed by atoms with Crippen molar-refractivity contribution in [1.29, 1.82) is 0 Å².